The van der Waals surface area contributed by atoms with Gasteiger partial charge in [-0.05, 0) is 43.2 Å². The van der Waals surface area contributed by atoms with Crippen molar-refractivity contribution in [1.29, 1.82) is 0 Å². The lowest BCUT2D eigenvalue weighted by Gasteiger charge is -2.23. The molecule has 2 aromatic rings. The molecule has 0 unspecified atom stereocenters. The van der Waals surface area contributed by atoms with Crippen molar-refractivity contribution in [3.8, 4) is 17.2 Å². The topological polar surface area (TPSA) is 56.8 Å². The number of hydrogen-bond donors (Lipinski definition) is 1. The number of hydrogen-bond acceptors (Lipinski definition) is 4. The molecular weight excluding hydrogens is 337 g/mol. The van der Waals surface area contributed by atoms with Crippen LogP contribution in [0.3, 0.4) is 0 Å². The molecule has 5 nitrogen and oxygen atoms in total. The SMILES string of the molecule is CC[C@@H](Oc1ccccc1F)C(=O)N[C@H](C)c1ccc2c(c1)OCCO2. The fourth-order valence-corrected chi connectivity index (χ4v) is 2.73. The first-order valence-corrected chi connectivity index (χ1v) is 8.69. The van der Waals surface area contributed by atoms with Crippen molar-refractivity contribution in [2.75, 3.05) is 13.2 Å². The van der Waals surface area contributed by atoms with Crippen LogP contribution in [0.25, 0.3) is 0 Å². The summed E-state index contributed by atoms with van der Waals surface area (Å²) in [5, 5.41) is 2.91. The zero-order chi connectivity index (χ0) is 18.5. The third-order valence-electron chi connectivity index (χ3n) is 4.19. The van der Waals surface area contributed by atoms with E-state index in [4.69, 9.17) is 14.2 Å². The largest absolute Gasteiger partial charge is 0.486 e. The Hall–Kier alpha value is -2.76. The molecule has 0 bridgehead atoms. The van der Waals surface area contributed by atoms with Gasteiger partial charge in [0.1, 0.15) is 13.2 Å². The van der Waals surface area contributed by atoms with Crippen LogP contribution in [0.1, 0.15) is 31.9 Å². The summed E-state index contributed by atoms with van der Waals surface area (Å²) in [5.74, 6) is 0.663. The zero-order valence-electron chi connectivity index (χ0n) is 14.8. The first kappa shape index (κ1) is 18.0. The average Bonchev–Trinajstić information content (AvgIpc) is 2.66. The van der Waals surface area contributed by atoms with Gasteiger partial charge in [-0.3, -0.25) is 4.79 Å². The second kappa shape index (κ2) is 8.08. The molecule has 0 spiro atoms. The average molecular weight is 359 g/mol. The van der Waals surface area contributed by atoms with Crippen molar-refractivity contribution >= 4 is 5.91 Å². The second-order valence-corrected chi connectivity index (χ2v) is 6.08. The summed E-state index contributed by atoms with van der Waals surface area (Å²) in [6.45, 7) is 4.73. The maximum absolute atomic E-state index is 13.8. The Morgan fingerprint density at radius 2 is 1.92 bits per heavy atom. The van der Waals surface area contributed by atoms with Crippen LogP contribution >= 0.6 is 0 Å². The van der Waals surface area contributed by atoms with Crippen molar-refractivity contribution in [2.24, 2.45) is 0 Å². The van der Waals surface area contributed by atoms with E-state index in [0.29, 0.717) is 31.1 Å². The molecule has 0 aliphatic carbocycles. The number of benzene rings is 2. The van der Waals surface area contributed by atoms with E-state index in [0.717, 1.165) is 5.56 Å². The fourth-order valence-electron chi connectivity index (χ4n) is 2.73. The van der Waals surface area contributed by atoms with Crippen molar-refractivity contribution in [3.63, 3.8) is 0 Å². The fraction of sp³-hybridized carbons (Fsp3) is 0.350. The first-order valence-electron chi connectivity index (χ1n) is 8.69. The van der Waals surface area contributed by atoms with Gasteiger partial charge in [-0.25, -0.2) is 4.39 Å². The highest BCUT2D eigenvalue weighted by Gasteiger charge is 2.22. The zero-order valence-corrected chi connectivity index (χ0v) is 14.8. The molecule has 26 heavy (non-hydrogen) atoms. The van der Waals surface area contributed by atoms with Crippen LogP contribution in [-0.2, 0) is 4.79 Å². The Bertz CT molecular complexity index is 780. The van der Waals surface area contributed by atoms with Gasteiger partial charge in [0.25, 0.3) is 5.91 Å². The van der Waals surface area contributed by atoms with Gasteiger partial charge in [-0.15, -0.1) is 0 Å². The van der Waals surface area contributed by atoms with E-state index in [2.05, 4.69) is 5.32 Å². The molecule has 1 N–H and O–H groups in total. The van der Waals surface area contributed by atoms with E-state index in [9.17, 15) is 9.18 Å². The minimum Gasteiger partial charge on any atom is -0.486 e. The van der Waals surface area contributed by atoms with E-state index in [-0.39, 0.29) is 17.7 Å². The molecule has 3 rings (SSSR count). The van der Waals surface area contributed by atoms with Crippen LogP contribution in [0, 0.1) is 5.82 Å². The molecule has 6 heteroatoms. The van der Waals surface area contributed by atoms with Crippen LogP contribution in [0.2, 0.25) is 0 Å². The highest BCUT2D eigenvalue weighted by molar-refractivity contribution is 5.81. The molecule has 0 radical (unpaired) electrons. The Morgan fingerprint density at radius 3 is 2.65 bits per heavy atom. The summed E-state index contributed by atoms with van der Waals surface area (Å²) >= 11 is 0. The summed E-state index contributed by atoms with van der Waals surface area (Å²) < 4.78 is 30.4. The number of carbonyl (C=O) groups is 1. The van der Waals surface area contributed by atoms with Crippen molar-refractivity contribution in [2.45, 2.75) is 32.4 Å². The van der Waals surface area contributed by atoms with Crippen LogP contribution in [-0.4, -0.2) is 25.2 Å². The normalized spacial score (nSPS) is 15.0. The molecule has 0 saturated carbocycles. The molecule has 1 amide bonds. The lowest BCUT2D eigenvalue weighted by atomic mass is 10.1. The smallest absolute Gasteiger partial charge is 0.261 e. The van der Waals surface area contributed by atoms with Gasteiger partial charge in [0.15, 0.2) is 29.2 Å². The predicted molar refractivity (Wildman–Crippen MR) is 95.1 cm³/mol. The lowest BCUT2D eigenvalue weighted by Crippen LogP contribution is -2.39. The van der Waals surface area contributed by atoms with Gasteiger partial charge in [0, 0.05) is 0 Å². The molecule has 1 aliphatic heterocycles. The highest BCUT2D eigenvalue weighted by Crippen LogP contribution is 2.32. The van der Waals surface area contributed by atoms with E-state index in [1.807, 2.05) is 32.0 Å². The number of amides is 1. The molecule has 1 aliphatic rings. The molecular formula is C20H22FNO4. The second-order valence-electron chi connectivity index (χ2n) is 6.08. The van der Waals surface area contributed by atoms with Crippen molar-refractivity contribution in [1.82, 2.24) is 5.32 Å². The maximum Gasteiger partial charge on any atom is 0.261 e. The number of fused-ring (bicyclic) bond motifs is 1. The summed E-state index contributed by atoms with van der Waals surface area (Å²) in [4.78, 5) is 12.5. The van der Waals surface area contributed by atoms with Gasteiger partial charge >= 0.3 is 0 Å². The van der Waals surface area contributed by atoms with E-state index in [1.54, 1.807) is 12.1 Å². The van der Waals surface area contributed by atoms with E-state index in [1.165, 1.54) is 12.1 Å². The van der Waals surface area contributed by atoms with Gasteiger partial charge in [0.05, 0.1) is 6.04 Å². The molecule has 1 heterocycles. The minimum atomic E-state index is -0.772. The summed E-state index contributed by atoms with van der Waals surface area (Å²) in [6.07, 6.45) is -0.347. The Kier molecular flexibility index (Phi) is 5.61. The predicted octanol–water partition coefficient (Wildman–Crippen LogP) is 3.63. The molecule has 138 valence electrons. The minimum absolute atomic E-state index is 0.0708. The summed E-state index contributed by atoms with van der Waals surface area (Å²) in [7, 11) is 0. The monoisotopic (exact) mass is 359 g/mol. The summed E-state index contributed by atoms with van der Waals surface area (Å²) in [5.41, 5.74) is 0.892. The summed E-state index contributed by atoms with van der Waals surface area (Å²) in [6, 6.07) is 11.4. The van der Waals surface area contributed by atoms with Gasteiger partial charge in [-0.1, -0.05) is 25.1 Å². The van der Waals surface area contributed by atoms with Gasteiger partial charge in [-0.2, -0.15) is 0 Å². The first-order chi connectivity index (χ1) is 12.6. The van der Waals surface area contributed by atoms with Crippen LogP contribution < -0.4 is 19.5 Å². The number of ether oxygens (including phenoxy) is 3. The Balaban J connectivity index is 1.66. The van der Waals surface area contributed by atoms with Crippen molar-refractivity contribution < 1.29 is 23.4 Å². The lowest BCUT2D eigenvalue weighted by molar-refractivity contribution is -0.128. The van der Waals surface area contributed by atoms with Crippen LogP contribution in [0.4, 0.5) is 4.39 Å². The van der Waals surface area contributed by atoms with E-state index >= 15 is 0 Å². The standard InChI is InChI=1S/C20H22FNO4/c1-3-16(26-17-7-5-4-6-15(17)21)20(23)22-13(2)14-8-9-18-19(12-14)25-11-10-24-18/h4-9,12-13,16H,3,10-11H2,1-2H3,(H,22,23)/t13-,16-/m1/s1. The third kappa shape index (κ3) is 4.07. The third-order valence-corrected chi connectivity index (χ3v) is 4.19. The number of nitrogens with one attached hydrogen (secondary N) is 1. The molecule has 2 atom stereocenters. The number of halogens is 1. The Labute approximate surface area is 152 Å². The highest BCUT2D eigenvalue weighted by atomic mass is 19.1. The van der Waals surface area contributed by atoms with Crippen molar-refractivity contribution in [3.05, 3.63) is 53.8 Å². The maximum atomic E-state index is 13.8. The quantitative estimate of drug-likeness (QED) is 0.856. The Morgan fingerprint density at radius 1 is 1.19 bits per heavy atom. The molecule has 2 aromatic carbocycles. The number of rotatable bonds is 6. The van der Waals surface area contributed by atoms with Gasteiger partial charge < -0.3 is 19.5 Å². The number of para-hydroxylation sites is 1. The molecule has 0 saturated heterocycles. The molecule has 0 fully saturated rings. The molecule has 0 aromatic heterocycles. The van der Waals surface area contributed by atoms with Gasteiger partial charge in [0.2, 0.25) is 0 Å². The van der Waals surface area contributed by atoms with Crippen LogP contribution in [0.5, 0.6) is 17.2 Å². The van der Waals surface area contributed by atoms with Crippen LogP contribution in [0.15, 0.2) is 42.5 Å². The number of carbonyl (C=O) groups excluding carboxylic acids is 1. The van der Waals surface area contributed by atoms with E-state index < -0.39 is 11.9 Å².